The van der Waals surface area contributed by atoms with Crippen LogP contribution in [0, 0.1) is 6.92 Å². The molecule has 0 aromatic carbocycles. The molecule has 2 rings (SSSR count). The fraction of sp³-hybridized carbons (Fsp3) is 0.364. The van der Waals surface area contributed by atoms with Gasteiger partial charge in [0.1, 0.15) is 5.69 Å². The summed E-state index contributed by atoms with van der Waals surface area (Å²) < 4.78 is 0. The van der Waals surface area contributed by atoms with Crippen LogP contribution in [0.4, 0.5) is 11.8 Å². The summed E-state index contributed by atoms with van der Waals surface area (Å²) in [5, 5.41) is 5.98. The molecule has 106 valence electrons. The quantitative estimate of drug-likeness (QED) is 0.564. The number of anilines is 2. The molecule has 20 heavy (non-hydrogen) atoms. The van der Waals surface area contributed by atoms with Crippen molar-refractivity contribution in [3.8, 4) is 0 Å². The van der Waals surface area contributed by atoms with Crippen molar-refractivity contribution in [3.63, 3.8) is 0 Å². The number of aromatic amines is 2. The molecule has 4 N–H and O–H groups in total. The van der Waals surface area contributed by atoms with Gasteiger partial charge in [-0.2, -0.15) is 10.1 Å². The second-order valence-electron chi connectivity index (χ2n) is 4.16. The number of aromatic nitrogens is 5. The van der Waals surface area contributed by atoms with Crippen LogP contribution in [0.2, 0.25) is 0 Å². The second kappa shape index (κ2) is 5.95. The maximum Gasteiger partial charge on any atom is 0.363 e. The van der Waals surface area contributed by atoms with Gasteiger partial charge in [0.25, 0.3) is 5.56 Å². The van der Waals surface area contributed by atoms with Crippen LogP contribution in [0.15, 0.2) is 15.7 Å². The summed E-state index contributed by atoms with van der Waals surface area (Å²) in [7, 11) is 0. The van der Waals surface area contributed by atoms with E-state index in [2.05, 4.69) is 36.0 Å². The molecule has 9 heteroatoms. The molecule has 0 saturated heterocycles. The standard InChI is InChI=1S/C11H15N7O2/c1-3-4-7-5-8(19)13-10(12-7)17-16-9-6(2)15-18-11(20)14-9/h5H,3-4H2,1-2H3,(H2,12,13,17,19)(H2,14,16,18,20). The lowest BCUT2D eigenvalue weighted by atomic mass is 10.2. The molecule has 0 aliphatic rings. The molecule has 0 amide bonds. The molecule has 0 aliphatic carbocycles. The van der Waals surface area contributed by atoms with Gasteiger partial charge in [0, 0.05) is 11.8 Å². The Kier molecular flexibility index (Phi) is 4.08. The minimum absolute atomic E-state index is 0.249. The van der Waals surface area contributed by atoms with E-state index in [0.717, 1.165) is 6.42 Å². The Morgan fingerprint density at radius 2 is 2.05 bits per heavy atom. The Hall–Kier alpha value is -2.71. The van der Waals surface area contributed by atoms with Crippen LogP contribution in [-0.4, -0.2) is 25.1 Å². The van der Waals surface area contributed by atoms with Crippen molar-refractivity contribution in [1.29, 1.82) is 0 Å². The van der Waals surface area contributed by atoms with Crippen LogP contribution in [0.5, 0.6) is 0 Å². The van der Waals surface area contributed by atoms with E-state index in [-0.39, 0.29) is 17.3 Å². The van der Waals surface area contributed by atoms with Gasteiger partial charge in [-0.25, -0.2) is 14.9 Å². The van der Waals surface area contributed by atoms with Crippen molar-refractivity contribution in [2.45, 2.75) is 26.7 Å². The molecule has 2 heterocycles. The predicted molar refractivity (Wildman–Crippen MR) is 73.5 cm³/mol. The Morgan fingerprint density at radius 1 is 1.25 bits per heavy atom. The van der Waals surface area contributed by atoms with Crippen LogP contribution >= 0.6 is 0 Å². The van der Waals surface area contributed by atoms with E-state index < -0.39 is 5.69 Å². The summed E-state index contributed by atoms with van der Waals surface area (Å²) in [6, 6.07) is 1.45. The summed E-state index contributed by atoms with van der Waals surface area (Å²) in [5.41, 5.74) is 5.76. The van der Waals surface area contributed by atoms with Gasteiger partial charge in [-0.05, 0) is 13.3 Å². The SMILES string of the molecule is CCCc1cc(=O)[nH]c(NNc2nc(=O)[nH]nc2C)n1. The predicted octanol–water partition coefficient (Wildman–Crippen LogP) is -0.0519. The number of nitrogens with zero attached hydrogens (tertiary/aromatic N) is 3. The van der Waals surface area contributed by atoms with Gasteiger partial charge >= 0.3 is 5.69 Å². The molecule has 0 spiro atoms. The highest BCUT2D eigenvalue weighted by Crippen LogP contribution is 2.04. The molecule has 9 nitrogen and oxygen atoms in total. The molecule has 0 bridgehead atoms. The Bertz CT molecular complexity index is 706. The zero-order chi connectivity index (χ0) is 14.5. The van der Waals surface area contributed by atoms with Gasteiger partial charge in [0.2, 0.25) is 5.95 Å². The van der Waals surface area contributed by atoms with E-state index in [0.29, 0.717) is 17.8 Å². The summed E-state index contributed by atoms with van der Waals surface area (Å²) in [4.78, 5) is 33.0. The lowest BCUT2D eigenvalue weighted by Gasteiger charge is -2.09. The average molecular weight is 277 g/mol. The normalized spacial score (nSPS) is 10.3. The molecule has 2 aromatic heterocycles. The van der Waals surface area contributed by atoms with E-state index in [1.165, 1.54) is 6.07 Å². The first-order chi connectivity index (χ1) is 9.58. The summed E-state index contributed by atoms with van der Waals surface area (Å²) >= 11 is 0. The zero-order valence-electron chi connectivity index (χ0n) is 11.1. The van der Waals surface area contributed by atoms with Crippen LogP contribution < -0.4 is 22.1 Å². The Morgan fingerprint density at radius 3 is 2.80 bits per heavy atom. The fourth-order valence-corrected chi connectivity index (χ4v) is 1.58. The molecule has 2 aromatic rings. The topological polar surface area (TPSA) is 128 Å². The number of hydrazine groups is 1. The third-order valence-corrected chi connectivity index (χ3v) is 2.48. The van der Waals surface area contributed by atoms with Crippen molar-refractivity contribution in [2.75, 3.05) is 10.9 Å². The Balaban J connectivity index is 2.16. The minimum atomic E-state index is -0.568. The van der Waals surface area contributed by atoms with E-state index >= 15 is 0 Å². The number of nitrogens with one attached hydrogen (secondary N) is 4. The Labute approximate surface area is 113 Å². The third-order valence-electron chi connectivity index (χ3n) is 2.48. The smallest absolute Gasteiger partial charge is 0.291 e. The average Bonchev–Trinajstić information content (AvgIpc) is 2.40. The lowest BCUT2D eigenvalue weighted by Crippen LogP contribution is -2.22. The number of aryl methyl sites for hydroxylation is 2. The maximum absolute atomic E-state index is 11.5. The first-order valence-corrected chi connectivity index (χ1v) is 6.14. The van der Waals surface area contributed by atoms with E-state index in [4.69, 9.17) is 0 Å². The fourth-order valence-electron chi connectivity index (χ4n) is 1.58. The van der Waals surface area contributed by atoms with Crippen LogP contribution in [-0.2, 0) is 6.42 Å². The van der Waals surface area contributed by atoms with Gasteiger partial charge in [-0.1, -0.05) is 13.3 Å². The van der Waals surface area contributed by atoms with Gasteiger partial charge in [-0.15, -0.1) is 0 Å². The molecule has 0 fully saturated rings. The van der Waals surface area contributed by atoms with Crippen LogP contribution in [0.1, 0.15) is 24.7 Å². The second-order valence-corrected chi connectivity index (χ2v) is 4.16. The number of hydrogen-bond acceptors (Lipinski definition) is 7. The van der Waals surface area contributed by atoms with E-state index in [1.807, 2.05) is 6.92 Å². The van der Waals surface area contributed by atoms with Gasteiger partial charge in [0.05, 0.1) is 0 Å². The van der Waals surface area contributed by atoms with Crippen LogP contribution in [0.25, 0.3) is 0 Å². The van der Waals surface area contributed by atoms with Crippen molar-refractivity contribution in [1.82, 2.24) is 25.1 Å². The summed E-state index contributed by atoms with van der Waals surface area (Å²) in [5.74, 6) is 0.514. The first kappa shape index (κ1) is 13.7. The maximum atomic E-state index is 11.5. The number of hydrogen-bond donors (Lipinski definition) is 4. The molecule has 0 aliphatic heterocycles. The summed E-state index contributed by atoms with van der Waals surface area (Å²) in [6.07, 6.45) is 1.60. The molecular weight excluding hydrogens is 262 g/mol. The van der Waals surface area contributed by atoms with Gasteiger partial charge < -0.3 is 0 Å². The largest absolute Gasteiger partial charge is 0.363 e. The molecule has 0 unspecified atom stereocenters. The monoisotopic (exact) mass is 277 g/mol. The number of rotatable bonds is 5. The molecule has 0 saturated carbocycles. The van der Waals surface area contributed by atoms with Gasteiger partial charge in [0.15, 0.2) is 5.82 Å². The van der Waals surface area contributed by atoms with Crippen molar-refractivity contribution >= 4 is 11.8 Å². The van der Waals surface area contributed by atoms with Crippen molar-refractivity contribution in [2.24, 2.45) is 0 Å². The third kappa shape index (κ3) is 3.40. The molecular formula is C11H15N7O2. The highest BCUT2D eigenvalue weighted by molar-refractivity contribution is 5.43. The zero-order valence-corrected chi connectivity index (χ0v) is 11.1. The van der Waals surface area contributed by atoms with E-state index in [1.54, 1.807) is 6.92 Å². The highest BCUT2D eigenvalue weighted by Gasteiger charge is 2.04. The summed E-state index contributed by atoms with van der Waals surface area (Å²) in [6.45, 7) is 3.68. The number of H-pyrrole nitrogens is 2. The van der Waals surface area contributed by atoms with Crippen molar-refractivity contribution < 1.29 is 0 Å². The van der Waals surface area contributed by atoms with E-state index in [9.17, 15) is 9.59 Å². The molecule has 0 atom stereocenters. The molecule has 0 radical (unpaired) electrons. The van der Waals surface area contributed by atoms with Crippen molar-refractivity contribution in [3.05, 3.63) is 38.3 Å². The first-order valence-electron chi connectivity index (χ1n) is 6.14. The van der Waals surface area contributed by atoms with Gasteiger partial charge in [-0.3, -0.25) is 20.6 Å². The lowest BCUT2D eigenvalue weighted by molar-refractivity contribution is 0.864. The minimum Gasteiger partial charge on any atom is -0.291 e. The highest BCUT2D eigenvalue weighted by atomic mass is 16.1. The van der Waals surface area contributed by atoms with Crippen LogP contribution in [0.3, 0.4) is 0 Å².